The van der Waals surface area contributed by atoms with Gasteiger partial charge in [0.05, 0.1) is 17.7 Å². The number of anilines is 1. The molecule has 0 spiro atoms. The van der Waals surface area contributed by atoms with Crippen LogP contribution in [0.4, 0.5) is 5.95 Å². The molecule has 1 saturated carbocycles. The average molecular weight is 405 g/mol. The lowest BCUT2D eigenvalue weighted by molar-refractivity contribution is 0.0935. The predicted octanol–water partition coefficient (Wildman–Crippen LogP) is 4.23. The molecular weight excluding hydrogens is 376 g/mol. The monoisotopic (exact) mass is 404 g/mol. The number of aromatic nitrogens is 2. The highest BCUT2D eigenvalue weighted by molar-refractivity contribution is 5.98. The van der Waals surface area contributed by atoms with E-state index in [1.165, 1.54) is 0 Å². The predicted molar refractivity (Wildman–Crippen MR) is 118 cm³/mol. The fourth-order valence-electron chi connectivity index (χ4n) is 3.98. The van der Waals surface area contributed by atoms with E-state index >= 15 is 0 Å². The molecule has 30 heavy (non-hydrogen) atoms. The van der Waals surface area contributed by atoms with Crippen LogP contribution >= 0.6 is 0 Å². The Morgan fingerprint density at radius 2 is 1.90 bits per heavy atom. The minimum atomic E-state index is -0.190. The molecule has 2 aromatic carbocycles. The molecule has 1 aliphatic rings. The molecule has 1 fully saturated rings. The Labute approximate surface area is 176 Å². The number of carbonyl (C=O) groups excluding carboxylic acids is 1. The van der Waals surface area contributed by atoms with E-state index in [2.05, 4.69) is 27.5 Å². The van der Waals surface area contributed by atoms with Crippen LogP contribution in [0, 0.1) is 0 Å². The summed E-state index contributed by atoms with van der Waals surface area (Å²) in [5, 5.41) is 17.1. The fraction of sp³-hybridized carbons (Fsp3) is 0.375. The maximum absolute atomic E-state index is 12.9. The van der Waals surface area contributed by atoms with Crippen molar-refractivity contribution in [1.29, 1.82) is 0 Å². The highest BCUT2D eigenvalue weighted by Gasteiger charge is 2.20. The second-order valence-electron chi connectivity index (χ2n) is 7.96. The first-order valence-corrected chi connectivity index (χ1v) is 10.7. The Morgan fingerprint density at radius 1 is 1.13 bits per heavy atom. The van der Waals surface area contributed by atoms with Crippen LogP contribution in [0.15, 0.2) is 54.7 Å². The molecule has 3 aromatic rings. The van der Waals surface area contributed by atoms with Gasteiger partial charge in [-0.05, 0) is 49.8 Å². The van der Waals surface area contributed by atoms with Crippen molar-refractivity contribution in [3.05, 3.63) is 65.9 Å². The molecular formula is C24H28N4O2. The van der Waals surface area contributed by atoms with Crippen molar-refractivity contribution in [3.8, 4) is 0 Å². The third-order valence-corrected chi connectivity index (χ3v) is 5.79. The van der Waals surface area contributed by atoms with E-state index < -0.39 is 0 Å². The van der Waals surface area contributed by atoms with E-state index in [1.807, 2.05) is 48.5 Å². The Bertz CT molecular complexity index is 1000. The topological polar surface area (TPSA) is 87.1 Å². The van der Waals surface area contributed by atoms with Crippen molar-refractivity contribution in [1.82, 2.24) is 15.3 Å². The molecule has 1 amide bonds. The summed E-state index contributed by atoms with van der Waals surface area (Å²) in [7, 11) is 0. The molecule has 156 valence electrons. The van der Waals surface area contributed by atoms with Crippen LogP contribution in [0.25, 0.3) is 10.9 Å². The van der Waals surface area contributed by atoms with Crippen molar-refractivity contribution in [2.24, 2.45) is 0 Å². The smallest absolute Gasteiger partial charge is 0.251 e. The van der Waals surface area contributed by atoms with Gasteiger partial charge >= 0.3 is 0 Å². The minimum Gasteiger partial charge on any atom is -0.393 e. The molecule has 1 aliphatic carbocycles. The summed E-state index contributed by atoms with van der Waals surface area (Å²) in [6.07, 6.45) is 5.82. The number of nitrogens with zero attached hydrogens (tertiary/aromatic N) is 2. The first-order chi connectivity index (χ1) is 14.6. The SMILES string of the molecule is CCC(NC(=O)c1ccc2cnc(NC3CCC(O)CC3)nc2c1)c1ccccc1. The standard InChI is InChI=1S/C24H28N4O2/c1-2-21(16-6-4-3-5-7-16)27-23(30)17-8-9-18-15-25-24(28-22(18)14-17)26-19-10-12-20(29)13-11-19/h3-9,14-15,19-21,29H,2,10-13H2,1H3,(H,27,30)(H,25,26,28). The number of aliphatic hydroxyl groups is 1. The quantitative estimate of drug-likeness (QED) is 0.572. The Balaban J connectivity index is 1.49. The number of fused-ring (bicyclic) bond motifs is 1. The van der Waals surface area contributed by atoms with E-state index in [1.54, 1.807) is 6.20 Å². The summed E-state index contributed by atoms with van der Waals surface area (Å²) in [5.41, 5.74) is 2.42. The van der Waals surface area contributed by atoms with E-state index in [9.17, 15) is 9.90 Å². The van der Waals surface area contributed by atoms with Crippen LogP contribution < -0.4 is 10.6 Å². The maximum atomic E-state index is 12.9. The molecule has 0 saturated heterocycles. The number of hydrogen-bond donors (Lipinski definition) is 3. The number of amides is 1. The van der Waals surface area contributed by atoms with Crippen molar-refractivity contribution >= 4 is 22.8 Å². The number of nitrogens with one attached hydrogen (secondary N) is 2. The number of benzene rings is 2. The van der Waals surface area contributed by atoms with Gasteiger partial charge in [-0.3, -0.25) is 4.79 Å². The normalized spacial score (nSPS) is 19.9. The van der Waals surface area contributed by atoms with Crippen LogP contribution in [0.2, 0.25) is 0 Å². The summed E-state index contributed by atoms with van der Waals surface area (Å²) in [6.45, 7) is 2.06. The highest BCUT2D eigenvalue weighted by atomic mass is 16.3. The van der Waals surface area contributed by atoms with Gasteiger partial charge in [-0.1, -0.05) is 43.3 Å². The lowest BCUT2D eigenvalue weighted by atomic mass is 9.93. The third kappa shape index (κ3) is 4.76. The molecule has 3 N–H and O–H groups in total. The van der Waals surface area contributed by atoms with Crippen molar-refractivity contribution in [2.75, 3.05) is 5.32 Å². The molecule has 1 unspecified atom stereocenters. The zero-order chi connectivity index (χ0) is 20.9. The Hall–Kier alpha value is -2.99. The largest absolute Gasteiger partial charge is 0.393 e. The van der Waals surface area contributed by atoms with Crippen LogP contribution in [0.5, 0.6) is 0 Å². The molecule has 1 atom stereocenters. The molecule has 6 nitrogen and oxygen atoms in total. The molecule has 1 heterocycles. The lowest BCUT2D eigenvalue weighted by Crippen LogP contribution is -2.29. The van der Waals surface area contributed by atoms with Crippen molar-refractivity contribution in [3.63, 3.8) is 0 Å². The van der Waals surface area contributed by atoms with Gasteiger partial charge in [0.1, 0.15) is 0 Å². The van der Waals surface area contributed by atoms with Crippen molar-refractivity contribution in [2.45, 2.75) is 57.2 Å². The van der Waals surface area contributed by atoms with Crippen molar-refractivity contribution < 1.29 is 9.90 Å². The fourth-order valence-corrected chi connectivity index (χ4v) is 3.98. The zero-order valence-electron chi connectivity index (χ0n) is 17.2. The Kier molecular flexibility index (Phi) is 6.23. The minimum absolute atomic E-state index is 0.0290. The molecule has 6 heteroatoms. The summed E-state index contributed by atoms with van der Waals surface area (Å²) in [5.74, 6) is 0.458. The highest BCUT2D eigenvalue weighted by Crippen LogP contribution is 2.22. The van der Waals surface area contributed by atoms with Gasteiger partial charge in [0.15, 0.2) is 0 Å². The van der Waals surface area contributed by atoms with Crippen LogP contribution in [0.3, 0.4) is 0 Å². The van der Waals surface area contributed by atoms with E-state index in [4.69, 9.17) is 0 Å². The maximum Gasteiger partial charge on any atom is 0.251 e. The summed E-state index contributed by atoms with van der Waals surface area (Å²) >= 11 is 0. The number of carbonyl (C=O) groups is 1. The first kappa shape index (κ1) is 20.3. The lowest BCUT2D eigenvalue weighted by Gasteiger charge is -2.26. The molecule has 0 radical (unpaired) electrons. The molecule has 1 aromatic heterocycles. The number of hydrogen-bond acceptors (Lipinski definition) is 5. The Morgan fingerprint density at radius 3 is 2.63 bits per heavy atom. The summed E-state index contributed by atoms with van der Waals surface area (Å²) in [4.78, 5) is 21.9. The van der Waals surface area contributed by atoms with Gasteiger partial charge in [0.25, 0.3) is 5.91 Å². The van der Waals surface area contributed by atoms with Crippen LogP contribution in [0.1, 0.15) is 61.0 Å². The average Bonchev–Trinajstić information content (AvgIpc) is 2.79. The number of aliphatic hydroxyl groups excluding tert-OH is 1. The van der Waals surface area contributed by atoms with Gasteiger partial charge < -0.3 is 15.7 Å². The van der Waals surface area contributed by atoms with E-state index in [0.717, 1.165) is 48.6 Å². The van der Waals surface area contributed by atoms with Gasteiger partial charge in [-0.15, -0.1) is 0 Å². The number of rotatable bonds is 6. The summed E-state index contributed by atoms with van der Waals surface area (Å²) in [6, 6.07) is 15.8. The summed E-state index contributed by atoms with van der Waals surface area (Å²) < 4.78 is 0. The first-order valence-electron chi connectivity index (χ1n) is 10.7. The zero-order valence-corrected chi connectivity index (χ0v) is 17.2. The van der Waals surface area contributed by atoms with Gasteiger partial charge in [-0.25, -0.2) is 9.97 Å². The molecule has 0 aliphatic heterocycles. The van der Waals surface area contributed by atoms with Gasteiger partial charge in [-0.2, -0.15) is 0 Å². The second-order valence-corrected chi connectivity index (χ2v) is 7.96. The van der Waals surface area contributed by atoms with Gasteiger partial charge in [0, 0.05) is 23.2 Å². The second kappa shape index (κ2) is 9.22. The van der Waals surface area contributed by atoms with Crippen LogP contribution in [-0.4, -0.2) is 33.1 Å². The van der Waals surface area contributed by atoms with E-state index in [-0.39, 0.29) is 24.1 Å². The van der Waals surface area contributed by atoms with Crippen LogP contribution in [-0.2, 0) is 0 Å². The molecule has 4 rings (SSSR count). The van der Waals surface area contributed by atoms with E-state index in [0.29, 0.717) is 11.5 Å². The molecule has 0 bridgehead atoms. The van der Waals surface area contributed by atoms with Gasteiger partial charge in [0.2, 0.25) is 5.95 Å². The third-order valence-electron chi connectivity index (χ3n) is 5.79.